The van der Waals surface area contributed by atoms with Crippen molar-refractivity contribution in [2.45, 2.75) is 14.4 Å². The Bertz CT molecular complexity index is 1130. The van der Waals surface area contributed by atoms with Crippen LogP contribution in [0, 0.1) is 11.6 Å². The molecule has 0 spiro atoms. The van der Waals surface area contributed by atoms with Gasteiger partial charge in [0, 0.05) is 11.4 Å². The van der Waals surface area contributed by atoms with Crippen molar-refractivity contribution >= 4 is 42.5 Å². The summed E-state index contributed by atoms with van der Waals surface area (Å²) in [6.07, 6.45) is 0. The van der Waals surface area contributed by atoms with Crippen molar-refractivity contribution in [3.63, 3.8) is 0 Å². The first-order valence-electron chi connectivity index (χ1n) is 7.47. The molecule has 3 rings (SSSR count). The summed E-state index contributed by atoms with van der Waals surface area (Å²) in [5.74, 6) is -2.05. The van der Waals surface area contributed by atoms with Crippen molar-refractivity contribution in [2.75, 3.05) is 6.54 Å². The van der Waals surface area contributed by atoms with Crippen LogP contribution in [0.15, 0.2) is 62.3 Å². The number of sulfonamides is 1. The highest BCUT2D eigenvalue weighted by Gasteiger charge is 2.32. The summed E-state index contributed by atoms with van der Waals surface area (Å²) in [4.78, 5) is -0.438. The van der Waals surface area contributed by atoms with Crippen molar-refractivity contribution < 1.29 is 25.6 Å². The van der Waals surface area contributed by atoms with Gasteiger partial charge >= 0.3 is 0 Å². The monoisotopic (exact) mass is 449 g/mol. The smallest absolute Gasteiger partial charge is 0.222 e. The van der Waals surface area contributed by atoms with Crippen LogP contribution in [0.25, 0.3) is 0 Å². The van der Waals surface area contributed by atoms with E-state index in [0.29, 0.717) is 17.0 Å². The van der Waals surface area contributed by atoms with E-state index in [-0.39, 0.29) is 4.21 Å². The molecular formula is C16H13F2NO4S4. The Labute approximate surface area is 163 Å². The molecule has 11 heteroatoms. The molecule has 1 N–H and O–H groups in total. The Morgan fingerprint density at radius 2 is 1.67 bits per heavy atom. The molecule has 0 saturated heterocycles. The van der Waals surface area contributed by atoms with Gasteiger partial charge in [-0.1, -0.05) is 12.1 Å². The molecule has 27 heavy (non-hydrogen) atoms. The van der Waals surface area contributed by atoms with Gasteiger partial charge in [0.2, 0.25) is 10.0 Å². The number of halogens is 2. The molecule has 0 aliphatic rings. The zero-order valence-corrected chi connectivity index (χ0v) is 16.8. The normalized spacial score (nSPS) is 13.6. The zero-order valence-electron chi connectivity index (χ0n) is 13.5. The van der Waals surface area contributed by atoms with Crippen LogP contribution in [-0.2, 0) is 19.9 Å². The Morgan fingerprint density at radius 1 is 0.963 bits per heavy atom. The van der Waals surface area contributed by atoms with Gasteiger partial charge in [0.1, 0.15) is 26.0 Å². The van der Waals surface area contributed by atoms with Crippen molar-refractivity contribution in [1.82, 2.24) is 4.72 Å². The quantitative estimate of drug-likeness (QED) is 0.598. The maximum Gasteiger partial charge on any atom is 0.243 e. The second kappa shape index (κ2) is 7.76. The second-order valence-corrected chi connectivity index (χ2v) is 11.4. The van der Waals surface area contributed by atoms with Crippen LogP contribution in [-0.4, -0.2) is 23.4 Å². The summed E-state index contributed by atoms with van der Waals surface area (Å²) in [5, 5.41) is 2.08. The fourth-order valence-electron chi connectivity index (χ4n) is 2.35. The van der Waals surface area contributed by atoms with Crippen molar-refractivity contribution in [3.05, 3.63) is 69.7 Å². The van der Waals surface area contributed by atoms with E-state index < -0.39 is 48.2 Å². The Balaban J connectivity index is 1.93. The molecule has 1 aromatic carbocycles. The minimum absolute atomic E-state index is 0.0945. The average Bonchev–Trinajstić information content (AvgIpc) is 3.30. The molecule has 1 unspecified atom stereocenters. The molecule has 0 radical (unpaired) electrons. The predicted molar refractivity (Wildman–Crippen MR) is 100 cm³/mol. The van der Waals surface area contributed by atoms with E-state index in [1.807, 2.05) is 0 Å². The molecule has 5 nitrogen and oxygen atoms in total. The van der Waals surface area contributed by atoms with Gasteiger partial charge in [-0.05, 0) is 41.1 Å². The highest BCUT2D eigenvalue weighted by atomic mass is 32.2. The summed E-state index contributed by atoms with van der Waals surface area (Å²) in [5.41, 5.74) is 0. The van der Waals surface area contributed by atoms with Gasteiger partial charge in [-0.25, -0.2) is 30.3 Å². The van der Waals surface area contributed by atoms with E-state index in [4.69, 9.17) is 0 Å². The van der Waals surface area contributed by atoms with Gasteiger partial charge in [-0.2, -0.15) is 0 Å². The molecule has 0 aliphatic carbocycles. The fourth-order valence-corrected chi connectivity index (χ4v) is 7.58. The molecule has 1 atom stereocenters. The summed E-state index contributed by atoms with van der Waals surface area (Å²) in [6, 6.07) is 8.28. The lowest BCUT2D eigenvalue weighted by atomic mass is 10.3. The highest BCUT2D eigenvalue weighted by Crippen LogP contribution is 2.33. The minimum atomic E-state index is -4.45. The van der Waals surface area contributed by atoms with Crippen LogP contribution in [0.5, 0.6) is 0 Å². The first-order chi connectivity index (χ1) is 12.7. The van der Waals surface area contributed by atoms with Gasteiger partial charge < -0.3 is 0 Å². The number of hydrogen-bond acceptors (Lipinski definition) is 6. The highest BCUT2D eigenvalue weighted by molar-refractivity contribution is 7.94. The number of sulfone groups is 1. The third kappa shape index (κ3) is 4.27. The maximum absolute atomic E-state index is 13.8. The molecular weight excluding hydrogens is 436 g/mol. The van der Waals surface area contributed by atoms with Crippen LogP contribution in [0.4, 0.5) is 8.78 Å². The summed E-state index contributed by atoms with van der Waals surface area (Å²) < 4.78 is 79.9. The molecule has 3 aromatic rings. The number of nitrogens with one attached hydrogen (secondary N) is 1. The van der Waals surface area contributed by atoms with Crippen molar-refractivity contribution in [1.29, 1.82) is 0 Å². The summed E-state index contributed by atoms with van der Waals surface area (Å²) in [6.45, 7) is -0.515. The number of hydrogen-bond donors (Lipinski definition) is 1. The van der Waals surface area contributed by atoms with E-state index in [2.05, 4.69) is 4.72 Å². The van der Waals surface area contributed by atoms with E-state index in [1.54, 1.807) is 29.0 Å². The Hall–Kier alpha value is -1.66. The molecule has 0 bridgehead atoms. The Morgan fingerprint density at radius 3 is 2.30 bits per heavy atom. The topological polar surface area (TPSA) is 80.3 Å². The number of benzene rings is 1. The van der Waals surface area contributed by atoms with Crippen molar-refractivity contribution in [3.8, 4) is 0 Å². The number of rotatable bonds is 7. The van der Waals surface area contributed by atoms with E-state index in [0.717, 1.165) is 28.7 Å². The standard InChI is InChI=1S/C16H13F2NO4S4/c17-11-5-6-12(18)14(9-11)27(22,23)19-10-15(13-3-1-7-24-13)26(20,21)16-4-2-8-25-16/h1-9,15,19H,10H2. The number of thiophene rings is 2. The zero-order chi connectivity index (χ0) is 19.7. The lowest BCUT2D eigenvalue weighted by Crippen LogP contribution is -2.32. The second-order valence-electron chi connectivity index (χ2n) is 5.41. The van der Waals surface area contributed by atoms with Gasteiger partial charge in [0.25, 0.3) is 0 Å². The Kier molecular flexibility index (Phi) is 5.77. The third-order valence-electron chi connectivity index (χ3n) is 3.65. The van der Waals surface area contributed by atoms with E-state index in [1.165, 1.54) is 6.07 Å². The molecule has 0 saturated carbocycles. The van der Waals surface area contributed by atoms with Crippen LogP contribution in [0.3, 0.4) is 0 Å². The van der Waals surface area contributed by atoms with Crippen LogP contribution in [0.2, 0.25) is 0 Å². The summed E-state index contributed by atoms with van der Waals surface area (Å²) in [7, 11) is -8.32. The molecule has 2 heterocycles. The largest absolute Gasteiger partial charge is 0.243 e. The van der Waals surface area contributed by atoms with Crippen molar-refractivity contribution in [2.24, 2.45) is 0 Å². The predicted octanol–water partition coefficient (Wildman–Crippen LogP) is 3.58. The van der Waals surface area contributed by atoms with Gasteiger partial charge in [0.15, 0.2) is 9.84 Å². The molecule has 0 fully saturated rings. The fraction of sp³-hybridized carbons (Fsp3) is 0.125. The summed E-state index contributed by atoms with van der Waals surface area (Å²) >= 11 is 2.18. The van der Waals surface area contributed by atoms with Crippen LogP contribution in [0.1, 0.15) is 10.1 Å². The van der Waals surface area contributed by atoms with Gasteiger partial charge in [-0.3, -0.25) is 0 Å². The molecule has 0 amide bonds. The molecule has 144 valence electrons. The molecule has 2 aromatic heterocycles. The SMILES string of the molecule is O=S(=O)(NCC(c1cccs1)S(=O)(=O)c1cccs1)c1cc(F)ccc1F. The van der Waals surface area contributed by atoms with E-state index in [9.17, 15) is 25.6 Å². The lowest BCUT2D eigenvalue weighted by molar-refractivity contribution is 0.544. The van der Waals surface area contributed by atoms with Gasteiger partial charge in [-0.15, -0.1) is 22.7 Å². The first-order valence-corrected chi connectivity index (χ1v) is 12.3. The van der Waals surface area contributed by atoms with Crippen LogP contribution < -0.4 is 4.72 Å². The lowest BCUT2D eigenvalue weighted by Gasteiger charge is -2.16. The van der Waals surface area contributed by atoms with Gasteiger partial charge in [0.05, 0.1) is 0 Å². The molecule has 0 aliphatic heterocycles. The minimum Gasteiger partial charge on any atom is -0.222 e. The average molecular weight is 450 g/mol. The third-order valence-corrected chi connectivity index (χ3v) is 9.74. The van der Waals surface area contributed by atoms with Crippen LogP contribution >= 0.6 is 22.7 Å². The van der Waals surface area contributed by atoms with E-state index >= 15 is 0 Å². The first kappa shape index (κ1) is 20.1. The maximum atomic E-state index is 13.8.